The molecule has 0 radical (unpaired) electrons. The normalized spacial score (nSPS) is 9.74. The molecule has 0 spiro atoms. The first kappa shape index (κ1) is 12.8. The fourth-order valence-electron chi connectivity index (χ4n) is 1.68. The molecule has 0 aliphatic carbocycles. The quantitative estimate of drug-likeness (QED) is 0.848. The van der Waals surface area contributed by atoms with Crippen molar-refractivity contribution < 1.29 is 0 Å². The van der Waals surface area contributed by atoms with Gasteiger partial charge in [-0.25, -0.2) is 9.97 Å². The number of hydrogen-bond acceptors (Lipinski definition) is 5. The van der Waals surface area contributed by atoms with Crippen LogP contribution in [0.15, 0.2) is 36.7 Å². The molecule has 0 aliphatic rings. The number of nitriles is 1. The number of nitrogens with one attached hydrogen (secondary N) is 1. The predicted molar refractivity (Wildman–Crippen MR) is 75.4 cm³/mol. The zero-order chi connectivity index (χ0) is 13.7. The predicted octanol–water partition coefficient (Wildman–Crippen LogP) is 2.49. The fraction of sp³-hybridized carbons (Fsp3) is 0.214. The number of hydrogen-bond donors (Lipinski definition) is 1. The Bertz CT molecular complexity index is 603. The van der Waals surface area contributed by atoms with Crippen molar-refractivity contribution in [1.29, 1.82) is 5.26 Å². The Balaban J connectivity index is 2.18. The molecule has 0 unspecified atom stereocenters. The molecule has 0 fully saturated rings. The van der Waals surface area contributed by atoms with Gasteiger partial charge in [-0.3, -0.25) is 0 Å². The zero-order valence-corrected chi connectivity index (χ0v) is 11.0. The Morgan fingerprint density at radius 3 is 2.89 bits per heavy atom. The molecule has 5 nitrogen and oxygen atoms in total. The second-order valence-corrected chi connectivity index (χ2v) is 4.27. The summed E-state index contributed by atoms with van der Waals surface area (Å²) in [4.78, 5) is 10.1. The van der Waals surface area contributed by atoms with Gasteiger partial charge in [0.15, 0.2) is 0 Å². The number of rotatable bonds is 4. The van der Waals surface area contributed by atoms with Crippen molar-refractivity contribution in [2.75, 3.05) is 23.8 Å². The van der Waals surface area contributed by atoms with E-state index >= 15 is 0 Å². The minimum atomic E-state index is 0.293. The third-order valence-electron chi connectivity index (χ3n) is 2.64. The molecule has 96 valence electrons. The van der Waals surface area contributed by atoms with E-state index in [-0.39, 0.29) is 0 Å². The Hall–Kier alpha value is -2.61. The lowest BCUT2D eigenvalue weighted by Gasteiger charge is -2.14. The van der Waals surface area contributed by atoms with E-state index in [4.69, 9.17) is 5.26 Å². The zero-order valence-electron chi connectivity index (χ0n) is 11.0. The summed E-state index contributed by atoms with van der Waals surface area (Å²) in [5, 5.41) is 11.9. The molecule has 2 rings (SSSR count). The van der Waals surface area contributed by atoms with Gasteiger partial charge in [-0.05, 0) is 24.6 Å². The van der Waals surface area contributed by atoms with Gasteiger partial charge in [0, 0.05) is 18.8 Å². The smallest absolute Gasteiger partial charge is 0.135 e. The van der Waals surface area contributed by atoms with E-state index in [1.54, 1.807) is 4.90 Å². The molecule has 19 heavy (non-hydrogen) atoms. The maximum absolute atomic E-state index is 8.68. The summed E-state index contributed by atoms with van der Waals surface area (Å²) in [6.45, 7) is 2.33. The highest BCUT2D eigenvalue weighted by Gasteiger charge is 2.04. The van der Waals surface area contributed by atoms with Crippen molar-refractivity contribution in [3.8, 4) is 6.07 Å². The van der Waals surface area contributed by atoms with Crippen LogP contribution in [0.1, 0.15) is 5.56 Å². The van der Waals surface area contributed by atoms with Crippen molar-refractivity contribution in [2.45, 2.75) is 6.92 Å². The van der Waals surface area contributed by atoms with E-state index < -0.39 is 0 Å². The number of aryl methyl sites for hydroxylation is 1. The summed E-state index contributed by atoms with van der Waals surface area (Å²) in [6.07, 6.45) is 1.49. The third kappa shape index (κ3) is 3.42. The molecule has 1 aromatic heterocycles. The first-order valence-electron chi connectivity index (χ1n) is 5.93. The highest BCUT2D eigenvalue weighted by atomic mass is 15.2. The minimum absolute atomic E-state index is 0.293. The Morgan fingerprint density at radius 2 is 2.16 bits per heavy atom. The highest BCUT2D eigenvalue weighted by Crippen LogP contribution is 2.18. The Morgan fingerprint density at radius 1 is 1.32 bits per heavy atom. The maximum Gasteiger partial charge on any atom is 0.135 e. The van der Waals surface area contributed by atoms with Gasteiger partial charge < -0.3 is 10.2 Å². The molecular formula is C14H15N5. The standard InChI is InChI=1S/C14H15N5/c1-11-4-3-5-12(8-11)18-13-9-14(17-10-16-13)19(2)7-6-15/h3-5,8-10H,7H2,1-2H3,(H,16,17,18). The summed E-state index contributed by atoms with van der Waals surface area (Å²) in [6, 6.07) is 12.0. The first-order chi connectivity index (χ1) is 9.19. The molecule has 0 aliphatic heterocycles. The van der Waals surface area contributed by atoms with Crippen LogP contribution >= 0.6 is 0 Å². The molecule has 5 heteroatoms. The fourth-order valence-corrected chi connectivity index (χ4v) is 1.68. The van der Waals surface area contributed by atoms with Crippen molar-refractivity contribution in [3.05, 3.63) is 42.2 Å². The van der Waals surface area contributed by atoms with Crippen molar-refractivity contribution in [3.63, 3.8) is 0 Å². The topological polar surface area (TPSA) is 64.8 Å². The van der Waals surface area contributed by atoms with Crippen LogP contribution in [0.25, 0.3) is 0 Å². The average molecular weight is 253 g/mol. The SMILES string of the molecule is Cc1cccc(Nc2cc(N(C)CC#N)ncn2)c1. The lowest BCUT2D eigenvalue weighted by atomic mass is 10.2. The maximum atomic E-state index is 8.68. The number of benzene rings is 1. The van der Waals surface area contributed by atoms with E-state index in [2.05, 4.69) is 21.4 Å². The van der Waals surface area contributed by atoms with Crippen LogP contribution in [-0.2, 0) is 0 Å². The lowest BCUT2D eigenvalue weighted by Crippen LogP contribution is -2.18. The van der Waals surface area contributed by atoms with Crippen LogP contribution < -0.4 is 10.2 Å². The molecular weight excluding hydrogens is 238 g/mol. The number of aromatic nitrogens is 2. The van der Waals surface area contributed by atoms with Gasteiger partial charge in [-0.15, -0.1) is 0 Å². The van der Waals surface area contributed by atoms with E-state index in [1.807, 2.05) is 44.3 Å². The molecule has 2 aromatic rings. The second-order valence-electron chi connectivity index (χ2n) is 4.27. The summed E-state index contributed by atoms with van der Waals surface area (Å²) in [7, 11) is 1.82. The van der Waals surface area contributed by atoms with Gasteiger partial charge in [0.1, 0.15) is 24.5 Å². The van der Waals surface area contributed by atoms with Gasteiger partial charge >= 0.3 is 0 Å². The summed E-state index contributed by atoms with van der Waals surface area (Å²) < 4.78 is 0. The minimum Gasteiger partial charge on any atom is -0.346 e. The van der Waals surface area contributed by atoms with Crippen LogP contribution in [-0.4, -0.2) is 23.6 Å². The van der Waals surface area contributed by atoms with E-state index in [0.717, 1.165) is 5.69 Å². The number of nitrogens with zero attached hydrogens (tertiary/aromatic N) is 4. The van der Waals surface area contributed by atoms with Crippen LogP contribution in [0, 0.1) is 18.3 Å². The van der Waals surface area contributed by atoms with Crippen molar-refractivity contribution in [2.24, 2.45) is 0 Å². The summed E-state index contributed by atoms with van der Waals surface area (Å²) in [5.74, 6) is 1.42. The van der Waals surface area contributed by atoms with Gasteiger partial charge in [0.2, 0.25) is 0 Å². The second kappa shape index (κ2) is 5.83. The van der Waals surface area contributed by atoms with Gasteiger partial charge in [-0.1, -0.05) is 12.1 Å². The average Bonchev–Trinajstić information content (AvgIpc) is 2.39. The van der Waals surface area contributed by atoms with Gasteiger partial charge in [0.05, 0.1) is 6.07 Å². The summed E-state index contributed by atoms with van der Waals surface area (Å²) in [5.41, 5.74) is 2.16. The van der Waals surface area contributed by atoms with Gasteiger partial charge in [-0.2, -0.15) is 5.26 Å². The molecule has 0 atom stereocenters. The third-order valence-corrected chi connectivity index (χ3v) is 2.64. The van der Waals surface area contributed by atoms with Crippen LogP contribution in [0.2, 0.25) is 0 Å². The highest BCUT2D eigenvalue weighted by molar-refractivity contribution is 5.59. The summed E-state index contributed by atoms with van der Waals surface area (Å²) >= 11 is 0. The molecule has 1 N–H and O–H groups in total. The molecule has 1 heterocycles. The molecule has 0 bridgehead atoms. The largest absolute Gasteiger partial charge is 0.346 e. The molecule has 0 saturated heterocycles. The molecule has 1 aromatic carbocycles. The van der Waals surface area contributed by atoms with Gasteiger partial charge in [0.25, 0.3) is 0 Å². The monoisotopic (exact) mass is 253 g/mol. The Kier molecular flexibility index (Phi) is 3.94. The van der Waals surface area contributed by atoms with E-state index in [0.29, 0.717) is 18.2 Å². The van der Waals surface area contributed by atoms with Crippen molar-refractivity contribution in [1.82, 2.24) is 9.97 Å². The van der Waals surface area contributed by atoms with E-state index in [9.17, 15) is 0 Å². The molecule has 0 amide bonds. The Labute approximate surface area is 112 Å². The van der Waals surface area contributed by atoms with Crippen LogP contribution in [0.5, 0.6) is 0 Å². The van der Waals surface area contributed by atoms with E-state index in [1.165, 1.54) is 11.9 Å². The number of anilines is 3. The van der Waals surface area contributed by atoms with Crippen molar-refractivity contribution >= 4 is 17.3 Å². The first-order valence-corrected chi connectivity index (χ1v) is 5.93. The lowest BCUT2D eigenvalue weighted by molar-refractivity contribution is 0.981. The molecule has 0 saturated carbocycles. The van der Waals surface area contributed by atoms with Crippen LogP contribution in [0.4, 0.5) is 17.3 Å². The van der Waals surface area contributed by atoms with Crippen LogP contribution in [0.3, 0.4) is 0 Å².